The molecule has 1 atom stereocenters. The second-order valence-electron chi connectivity index (χ2n) is 3.26. The van der Waals surface area contributed by atoms with Crippen LogP contribution in [0, 0.1) is 5.92 Å². The summed E-state index contributed by atoms with van der Waals surface area (Å²) in [4.78, 5) is 11.1. The highest BCUT2D eigenvalue weighted by Crippen LogP contribution is 1.97. The van der Waals surface area contributed by atoms with Crippen molar-refractivity contribution in [3.05, 3.63) is 0 Å². The van der Waals surface area contributed by atoms with Crippen molar-refractivity contribution in [2.75, 3.05) is 19.8 Å². The lowest BCUT2D eigenvalue weighted by molar-refractivity contribution is -0.122. The summed E-state index contributed by atoms with van der Waals surface area (Å²) in [5.74, 6) is 0.657. The predicted molar refractivity (Wildman–Crippen MR) is 53.6 cm³/mol. The molecule has 0 aromatic carbocycles. The minimum Gasteiger partial charge on any atom is -0.381 e. The molecule has 13 heavy (non-hydrogen) atoms. The Labute approximate surface area is 80.8 Å². The molecule has 0 saturated heterocycles. The van der Waals surface area contributed by atoms with Crippen molar-refractivity contribution < 1.29 is 9.53 Å². The zero-order valence-electron chi connectivity index (χ0n) is 8.93. The summed E-state index contributed by atoms with van der Waals surface area (Å²) in [7, 11) is 0. The predicted octanol–water partition coefficient (Wildman–Crippen LogP) is 1.58. The van der Waals surface area contributed by atoms with Crippen molar-refractivity contribution in [3.8, 4) is 0 Å². The van der Waals surface area contributed by atoms with E-state index in [9.17, 15) is 4.79 Å². The van der Waals surface area contributed by atoms with Gasteiger partial charge in [0.2, 0.25) is 5.91 Å². The van der Waals surface area contributed by atoms with E-state index in [1.165, 1.54) is 0 Å². The topological polar surface area (TPSA) is 38.3 Å². The van der Waals surface area contributed by atoms with E-state index in [4.69, 9.17) is 4.74 Å². The minimum absolute atomic E-state index is 0.0914. The van der Waals surface area contributed by atoms with Crippen LogP contribution in [-0.4, -0.2) is 25.7 Å². The Hall–Kier alpha value is -0.570. The van der Waals surface area contributed by atoms with Crippen LogP contribution in [-0.2, 0) is 9.53 Å². The maximum atomic E-state index is 11.1. The summed E-state index contributed by atoms with van der Waals surface area (Å²) >= 11 is 0. The summed E-state index contributed by atoms with van der Waals surface area (Å²) in [5.41, 5.74) is 0. The van der Waals surface area contributed by atoms with Crippen molar-refractivity contribution >= 4 is 5.91 Å². The van der Waals surface area contributed by atoms with Crippen LogP contribution < -0.4 is 5.32 Å². The summed E-state index contributed by atoms with van der Waals surface area (Å²) < 4.78 is 5.08. The average Bonchev–Trinajstić information content (AvgIpc) is 2.14. The number of nitrogens with one attached hydrogen (secondary N) is 1. The molecule has 0 aromatic heterocycles. The monoisotopic (exact) mass is 187 g/mol. The van der Waals surface area contributed by atoms with Gasteiger partial charge in [0, 0.05) is 19.6 Å². The molecule has 3 heteroatoms. The molecule has 0 saturated carbocycles. The third kappa shape index (κ3) is 7.78. The molecule has 78 valence electrons. The zero-order valence-corrected chi connectivity index (χ0v) is 8.93. The molecule has 0 heterocycles. The number of carbonyl (C=O) groups is 1. The van der Waals surface area contributed by atoms with Gasteiger partial charge in [-0.2, -0.15) is 0 Å². The lowest BCUT2D eigenvalue weighted by Gasteiger charge is -2.09. The molecular formula is C10H21NO2. The molecular weight excluding hydrogens is 166 g/mol. The Morgan fingerprint density at radius 2 is 2.15 bits per heavy atom. The van der Waals surface area contributed by atoms with Gasteiger partial charge in [-0.05, 0) is 12.8 Å². The smallest absolute Gasteiger partial charge is 0.222 e. The van der Waals surface area contributed by atoms with Crippen LogP contribution in [0.25, 0.3) is 0 Å². The molecule has 1 unspecified atom stereocenters. The number of rotatable bonds is 7. The average molecular weight is 187 g/mol. The van der Waals surface area contributed by atoms with Gasteiger partial charge in [-0.1, -0.05) is 20.3 Å². The van der Waals surface area contributed by atoms with Crippen molar-refractivity contribution in [2.45, 2.75) is 33.6 Å². The fourth-order valence-corrected chi connectivity index (χ4v) is 0.830. The lowest BCUT2D eigenvalue weighted by Crippen LogP contribution is -2.28. The fraction of sp³-hybridized carbons (Fsp3) is 0.900. The summed E-state index contributed by atoms with van der Waals surface area (Å²) in [5, 5.41) is 2.87. The highest BCUT2D eigenvalue weighted by atomic mass is 16.5. The molecule has 0 aliphatic rings. The third-order valence-corrected chi connectivity index (χ3v) is 2.02. The Balaban J connectivity index is 3.30. The fourth-order valence-electron chi connectivity index (χ4n) is 0.830. The maximum Gasteiger partial charge on any atom is 0.222 e. The van der Waals surface area contributed by atoms with Gasteiger partial charge in [0.25, 0.3) is 0 Å². The molecule has 0 fully saturated rings. The van der Waals surface area contributed by atoms with Crippen molar-refractivity contribution in [1.29, 1.82) is 0 Å². The molecule has 0 bridgehead atoms. The van der Waals surface area contributed by atoms with Gasteiger partial charge in [0.1, 0.15) is 0 Å². The number of hydrogen-bond acceptors (Lipinski definition) is 2. The first-order valence-corrected chi connectivity index (χ1v) is 5.05. The van der Waals surface area contributed by atoms with E-state index < -0.39 is 0 Å². The van der Waals surface area contributed by atoms with E-state index in [0.717, 1.165) is 13.0 Å². The standard InChI is InChI=1S/C10H21NO2/c1-4-9(3)8-11-10(12)6-7-13-5-2/h9H,4-8H2,1-3H3,(H,11,12). The summed E-state index contributed by atoms with van der Waals surface area (Å²) in [6, 6.07) is 0. The number of carbonyl (C=O) groups excluding carboxylic acids is 1. The lowest BCUT2D eigenvalue weighted by atomic mass is 10.1. The SMILES string of the molecule is CCOCCC(=O)NCC(C)CC. The Morgan fingerprint density at radius 3 is 2.69 bits per heavy atom. The van der Waals surface area contributed by atoms with Crippen molar-refractivity contribution in [2.24, 2.45) is 5.92 Å². The van der Waals surface area contributed by atoms with Crippen molar-refractivity contribution in [3.63, 3.8) is 0 Å². The Bertz CT molecular complexity index is 137. The van der Waals surface area contributed by atoms with Crippen LogP contribution >= 0.6 is 0 Å². The van der Waals surface area contributed by atoms with Crippen LogP contribution in [0.15, 0.2) is 0 Å². The number of amides is 1. The van der Waals surface area contributed by atoms with E-state index in [0.29, 0.717) is 25.6 Å². The molecule has 1 N–H and O–H groups in total. The molecule has 1 amide bonds. The van der Waals surface area contributed by atoms with E-state index in [1.54, 1.807) is 0 Å². The van der Waals surface area contributed by atoms with Gasteiger partial charge in [-0.3, -0.25) is 4.79 Å². The van der Waals surface area contributed by atoms with E-state index in [2.05, 4.69) is 19.2 Å². The molecule has 0 spiro atoms. The Kier molecular flexibility index (Phi) is 7.69. The zero-order chi connectivity index (χ0) is 10.1. The third-order valence-electron chi connectivity index (χ3n) is 2.02. The minimum atomic E-state index is 0.0914. The highest BCUT2D eigenvalue weighted by Gasteiger charge is 2.02. The molecule has 0 rings (SSSR count). The van der Waals surface area contributed by atoms with Gasteiger partial charge < -0.3 is 10.1 Å². The highest BCUT2D eigenvalue weighted by molar-refractivity contribution is 5.75. The number of hydrogen-bond donors (Lipinski definition) is 1. The van der Waals surface area contributed by atoms with Gasteiger partial charge in [-0.25, -0.2) is 0 Å². The summed E-state index contributed by atoms with van der Waals surface area (Å²) in [6.07, 6.45) is 1.58. The summed E-state index contributed by atoms with van der Waals surface area (Å²) in [6.45, 7) is 8.17. The van der Waals surface area contributed by atoms with Crippen LogP contribution in [0.5, 0.6) is 0 Å². The van der Waals surface area contributed by atoms with E-state index in [-0.39, 0.29) is 5.91 Å². The van der Waals surface area contributed by atoms with Gasteiger partial charge in [0.15, 0.2) is 0 Å². The Morgan fingerprint density at radius 1 is 1.46 bits per heavy atom. The maximum absolute atomic E-state index is 11.1. The second kappa shape index (κ2) is 8.05. The first-order valence-electron chi connectivity index (χ1n) is 5.05. The van der Waals surface area contributed by atoms with Gasteiger partial charge in [0.05, 0.1) is 6.61 Å². The first kappa shape index (κ1) is 12.4. The molecule has 3 nitrogen and oxygen atoms in total. The van der Waals surface area contributed by atoms with Crippen molar-refractivity contribution in [1.82, 2.24) is 5.32 Å². The quantitative estimate of drug-likeness (QED) is 0.614. The molecule has 0 aliphatic heterocycles. The largest absolute Gasteiger partial charge is 0.381 e. The molecule has 0 aromatic rings. The first-order chi connectivity index (χ1) is 6.20. The van der Waals surface area contributed by atoms with Crippen LogP contribution in [0.1, 0.15) is 33.6 Å². The van der Waals surface area contributed by atoms with Crippen LogP contribution in [0.2, 0.25) is 0 Å². The van der Waals surface area contributed by atoms with Crippen LogP contribution in [0.4, 0.5) is 0 Å². The molecule has 0 aliphatic carbocycles. The van der Waals surface area contributed by atoms with E-state index in [1.807, 2.05) is 6.92 Å². The van der Waals surface area contributed by atoms with Crippen LogP contribution in [0.3, 0.4) is 0 Å². The second-order valence-corrected chi connectivity index (χ2v) is 3.26. The van der Waals surface area contributed by atoms with Gasteiger partial charge in [-0.15, -0.1) is 0 Å². The van der Waals surface area contributed by atoms with E-state index >= 15 is 0 Å². The molecule has 0 radical (unpaired) electrons. The van der Waals surface area contributed by atoms with Gasteiger partial charge >= 0.3 is 0 Å². The normalized spacial score (nSPS) is 12.5. The number of ether oxygens (including phenoxy) is 1.